The molecule has 20 heavy (non-hydrogen) atoms. The van der Waals surface area contributed by atoms with Gasteiger partial charge in [-0.25, -0.2) is 0 Å². The van der Waals surface area contributed by atoms with Gasteiger partial charge in [-0.1, -0.05) is 41.6 Å². The molecule has 0 amide bonds. The van der Waals surface area contributed by atoms with Crippen LogP contribution in [0.4, 0.5) is 0 Å². The topological polar surface area (TPSA) is 46.3 Å². The minimum Gasteiger partial charge on any atom is -0.392 e. The summed E-state index contributed by atoms with van der Waals surface area (Å²) < 4.78 is 5.38. The lowest BCUT2D eigenvalue weighted by molar-refractivity contribution is 0.282. The van der Waals surface area contributed by atoms with Crippen LogP contribution in [0.15, 0.2) is 59.6 Å². The van der Waals surface area contributed by atoms with Crippen molar-refractivity contribution in [1.82, 2.24) is 5.16 Å². The van der Waals surface area contributed by atoms with E-state index in [9.17, 15) is 5.11 Å². The number of hydrogen-bond donors (Lipinski definition) is 1. The van der Waals surface area contributed by atoms with Crippen LogP contribution in [0, 0.1) is 0 Å². The van der Waals surface area contributed by atoms with E-state index in [4.69, 9.17) is 4.52 Å². The molecule has 3 heteroatoms. The van der Waals surface area contributed by atoms with Crippen LogP contribution < -0.4 is 0 Å². The summed E-state index contributed by atoms with van der Waals surface area (Å²) in [5, 5.41) is 14.8. The van der Waals surface area contributed by atoms with Gasteiger partial charge in [0, 0.05) is 10.9 Å². The molecule has 0 aliphatic heterocycles. The average molecular weight is 265 g/mol. The standard InChI is InChI=1S/C17H15NO2/c1-2-6-12-7-5-8-13(11-19)16(12)17-14-9-3-4-10-15(14)20-18-17/h2-5,7-10,19H,1,6,11H2. The zero-order chi connectivity index (χ0) is 13.9. The van der Waals surface area contributed by atoms with Gasteiger partial charge in [-0.15, -0.1) is 6.58 Å². The Morgan fingerprint density at radius 1 is 1.10 bits per heavy atom. The number of rotatable bonds is 4. The molecule has 0 bridgehead atoms. The molecular weight excluding hydrogens is 250 g/mol. The Morgan fingerprint density at radius 2 is 1.90 bits per heavy atom. The van der Waals surface area contributed by atoms with Crippen LogP contribution >= 0.6 is 0 Å². The third kappa shape index (κ3) is 2.02. The van der Waals surface area contributed by atoms with E-state index in [0.29, 0.717) is 0 Å². The van der Waals surface area contributed by atoms with Crippen LogP contribution in [0.2, 0.25) is 0 Å². The van der Waals surface area contributed by atoms with Crippen molar-refractivity contribution in [1.29, 1.82) is 0 Å². The molecule has 100 valence electrons. The second kappa shape index (κ2) is 5.31. The number of fused-ring (bicyclic) bond motifs is 1. The van der Waals surface area contributed by atoms with Gasteiger partial charge < -0.3 is 9.63 Å². The number of nitrogens with zero attached hydrogens (tertiary/aromatic N) is 1. The van der Waals surface area contributed by atoms with Gasteiger partial charge in [0.1, 0.15) is 5.69 Å². The van der Waals surface area contributed by atoms with Crippen molar-refractivity contribution in [2.24, 2.45) is 0 Å². The van der Waals surface area contributed by atoms with Crippen molar-refractivity contribution in [3.8, 4) is 11.3 Å². The minimum absolute atomic E-state index is 0.0263. The molecule has 0 saturated heterocycles. The van der Waals surface area contributed by atoms with Gasteiger partial charge >= 0.3 is 0 Å². The fraction of sp³-hybridized carbons (Fsp3) is 0.118. The Bertz CT molecular complexity index is 759. The second-order valence-corrected chi connectivity index (χ2v) is 4.63. The van der Waals surface area contributed by atoms with E-state index in [2.05, 4.69) is 11.7 Å². The van der Waals surface area contributed by atoms with Gasteiger partial charge in [-0.2, -0.15) is 0 Å². The second-order valence-electron chi connectivity index (χ2n) is 4.63. The predicted molar refractivity (Wildman–Crippen MR) is 79.3 cm³/mol. The van der Waals surface area contributed by atoms with Crippen molar-refractivity contribution >= 4 is 11.0 Å². The Balaban J connectivity index is 2.29. The number of allylic oxidation sites excluding steroid dienone is 1. The van der Waals surface area contributed by atoms with Crippen molar-refractivity contribution in [2.45, 2.75) is 13.0 Å². The monoisotopic (exact) mass is 265 g/mol. The summed E-state index contributed by atoms with van der Waals surface area (Å²) in [4.78, 5) is 0. The summed E-state index contributed by atoms with van der Waals surface area (Å²) in [6, 6.07) is 13.6. The molecule has 1 aromatic heterocycles. The van der Waals surface area contributed by atoms with E-state index in [1.165, 1.54) is 0 Å². The van der Waals surface area contributed by atoms with Crippen LogP contribution in [-0.2, 0) is 13.0 Å². The Morgan fingerprint density at radius 3 is 2.70 bits per heavy atom. The van der Waals surface area contributed by atoms with Crippen LogP contribution in [0.1, 0.15) is 11.1 Å². The number of benzene rings is 2. The van der Waals surface area contributed by atoms with Crippen LogP contribution in [-0.4, -0.2) is 10.3 Å². The van der Waals surface area contributed by atoms with E-state index < -0.39 is 0 Å². The fourth-order valence-electron chi connectivity index (χ4n) is 2.48. The lowest BCUT2D eigenvalue weighted by atomic mass is 9.95. The first-order valence-corrected chi connectivity index (χ1v) is 6.52. The Hall–Kier alpha value is -2.39. The van der Waals surface area contributed by atoms with Crippen LogP contribution in [0.5, 0.6) is 0 Å². The highest BCUT2D eigenvalue weighted by Gasteiger charge is 2.16. The molecule has 0 spiro atoms. The smallest absolute Gasteiger partial charge is 0.167 e. The maximum atomic E-state index is 9.60. The average Bonchev–Trinajstić information content (AvgIpc) is 2.91. The third-order valence-corrected chi connectivity index (χ3v) is 3.39. The minimum atomic E-state index is -0.0263. The van der Waals surface area contributed by atoms with Gasteiger partial charge in [-0.05, 0) is 29.7 Å². The molecular formula is C17H15NO2. The number of para-hydroxylation sites is 1. The predicted octanol–water partition coefficient (Wildman–Crippen LogP) is 3.72. The lowest BCUT2D eigenvalue weighted by Gasteiger charge is -2.10. The molecule has 3 rings (SSSR count). The molecule has 0 unspecified atom stereocenters. The molecule has 1 heterocycles. The maximum Gasteiger partial charge on any atom is 0.167 e. The SMILES string of the molecule is C=CCc1cccc(CO)c1-c1noc2ccccc12. The van der Waals surface area contributed by atoms with Gasteiger partial charge in [0.05, 0.1) is 6.61 Å². The molecule has 3 aromatic rings. The Kier molecular flexibility index (Phi) is 3.35. The van der Waals surface area contributed by atoms with Crippen molar-refractivity contribution < 1.29 is 9.63 Å². The highest BCUT2D eigenvalue weighted by molar-refractivity contribution is 5.93. The summed E-state index contributed by atoms with van der Waals surface area (Å²) in [6.45, 7) is 3.76. The van der Waals surface area contributed by atoms with E-state index in [1.807, 2.05) is 48.5 Å². The first-order chi connectivity index (χ1) is 9.85. The summed E-state index contributed by atoms with van der Waals surface area (Å²) in [5.41, 5.74) is 4.41. The molecule has 2 aromatic carbocycles. The molecule has 0 aliphatic carbocycles. The summed E-state index contributed by atoms with van der Waals surface area (Å²) in [7, 11) is 0. The quantitative estimate of drug-likeness (QED) is 0.731. The first kappa shape index (κ1) is 12.6. The van der Waals surface area contributed by atoms with Crippen LogP contribution in [0.3, 0.4) is 0 Å². The van der Waals surface area contributed by atoms with E-state index in [1.54, 1.807) is 0 Å². The molecule has 0 atom stereocenters. The lowest BCUT2D eigenvalue weighted by Crippen LogP contribution is -1.96. The zero-order valence-corrected chi connectivity index (χ0v) is 11.0. The molecule has 1 N–H and O–H groups in total. The van der Waals surface area contributed by atoms with Crippen molar-refractivity contribution in [2.75, 3.05) is 0 Å². The first-order valence-electron chi connectivity index (χ1n) is 6.52. The summed E-state index contributed by atoms with van der Waals surface area (Å²) >= 11 is 0. The fourth-order valence-corrected chi connectivity index (χ4v) is 2.48. The van der Waals surface area contributed by atoms with Crippen molar-refractivity contribution in [3.63, 3.8) is 0 Å². The summed E-state index contributed by atoms with van der Waals surface area (Å²) in [5.74, 6) is 0. The number of aromatic nitrogens is 1. The number of aliphatic hydroxyl groups is 1. The zero-order valence-electron chi connectivity index (χ0n) is 11.0. The van der Waals surface area contributed by atoms with Crippen molar-refractivity contribution in [3.05, 3.63) is 66.2 Å². The molecule has 3 nitrogen and oxygen atoms in total. The number of aliphatic hydroxyl groups excluding tert-OH is 1. The van der Waals surface area contributed by atoms with E-state index in [-0.39, 0.29) is 6.61 Å². The van der Waals surface area contributed by atoms with Gasteiger partial charge in [0.25, 0.3) is 0 Å². The van der Waals surface area contributed by atoms with Gasteiger partial charge in [0.2, 0.25) is 0 Å². The highest BCUT2D eigenvalue weighted by atomic mass is 16.5. The molecule has 0 aliphatic rings. The normalized spacial score (nSPS) is 10.8. The highest BCUT2D eigenvalue weighted by Crippen LogP contribution is 2.33. The van der Waals surface area contributed by atoms with Crippen LogP contribution in [0.25, 0.3) is 22.2 Å². The molecule has 0 saturated carbocycles. The van der Waals surface area contributed by atoms with E-state index >= 15 is 0 Å². The summed E-state index contributed by atoms with van der Waals surface area (Å²) in [6.07, 6.45) is 2.58. The molecule has 0 fully saturated rings. The third-order valence-electron chi connectivity index (χ3n) is 3.39. The van der Waals surface area contributed by atoms with E-state index in [0.717, 1.165) is 39.8 Å². The maximum absolute atomic E-state index is 9.60. The Labute approximate surface area is 117 Å². The largest absolute Gasteiger partial charge is 0.392 e. The van der Waals surface area contributed by atoms with Gasteiger partial charge in [0.15, 0.2) is 5.58 Å². The number of hydrogen-bond acceptors (Lipinski definition) is 3. The molecule has 0 radical (unpaired) electrons. The van der Waals surface area contributed by atoms with Gasteiger partial charge in [-0.3, -0.25) is 0 Å².